The van der Waals surface area contributed by atoms with E-state index in [1.807, 2.05) is 6.92 Å². The summed E-state index contributed by atoms with van der Waals surface area (Å²) in [5, 5.41) is 3.43. The molecule has 1 N–H and O–H groups in total. The van der Waals surface area contributed by atoms with Crippen molar-refractivity contribution in [1.29, 1.82) is 0 Å². The van der Waals surface area contributed by atoms with Crippen molar-refractivity contribution in [3.05, 3.63) is 71.8 Å². The van der Waals surface area contributed by atoms with E-state index in [9.17, 15) is 0 Å². The van der Waals surface area contributed by atoms with Crippen molar-refractivity contribution in [2.75, 3.05) is 26.7 Å². The van der Waals surface area contributed by atoms with Gasteiger partial charge in [0.1, 0.15) is 5.76 Å². The van der Waals surface area contributed by atoms with Crippen LogP contribution in [0, 0.1) is 0 Å². The van der Waals surface area contributed by atoms with E-state index in [0.29, 0.717) is 0 Å². The molecule has 124 valence electrons. The Labute approximate surface area is 140 Å². The first-order chi connectivity index (χ1) is 11.3. The normalized spacial score (nSPS) is 19.1. The van der Waals surface area contributed by atoms with Crippen molar-refractivity contribution in [2.24, 2.45) is 0 Å². The lowest BCUT2D eigenvalue weighted by Gasteiger charge is -2.24. The minimum atomic E-state index is 0.890. The highest BCUT2D eigenvalue weighted by atomic mass is 16.5. The topological polar surface area (TPSA) is 24.5 Å². The zero-order valence-electron chi connectivity index (χ0n) is 14.3. The third-order valence-electron chi connectivity index (χ3n) is 3.96. The van der Waals surface area contributed by atoms with E-state index in [-0.39, 0.29) is 0 Å². The molecule has 0 aromatic rings. The molecule has 0 atom stereocenters. The van der Waals surface area contributed by atoms with Gasteiger partial charge in [0.05, 0.1) is 7.11 Å². The van der Waals surface area contributed by atoms with Crippen LogP contribution in [0.15, 0.2) is 71.8 Å². The van der Waals surface area contributed by atoms with E-state index in [1.165, 1.54) is 17.7 Å². The van der Waals surface area contributed by atoms with Gasteiger partial charge in [-0.05, 0) is 56.5 Å². The van der Waals surface area contributed by atoms with Crippen molar-refractivity contribution < 1.29 is 4.74 Å². The maximum Gasteiger partial charge on any atom is 0.115 e. The number of rotatable bonds is 6. The van der Waals surface area contributed by atoms with Gasteiger partial charge in [0.2, 0.25) is 0 Å². The maximum atomic E-state index is 5.32. The minimum absolute atomic E-state index is 0.890. The molecule has 1 aliphatic carbocycles. The lowest BCUT2D eigenvalue weighted by atomic mass is 10.1. The van der Waals surface area contributed by atoms with Gasteiger partial charge in [-0.25, -0.2) is 0 Å². The summed E-state index contributed by atoms with van der Waals surface area (Å²) in [6.07, 6.45) is 22.5. The SMILES string of the molecule is C/C=C/C=C/N(CC1=CCC=C(OC)C=C1)C1=CCNCCC1. The second-order valence-corrected chi connectivity index (χ2v) is 5.66. The lowest BCUT2D eigenvalue weighted by Crippen LogP contribution is -2.19. The summed E-state index contributed by atoms with van der Waals surface area (Å²) < 4.78 is 5.32. The van der Waals surface area contributed by atoms with Gasteiger partial charge in [-0.1, -0.05) is 30.4 Å². The lowest BCUT2D eigenvalue weighted by molar-refractivity contribution is 0.306. The monoisotopic (exact) mass is 312 g/mol. The summed E-state index contributed by atoms with van der Waals surface area (Å²) in [6, 6.07) is 0. The van der Waals surface area contributed by atoms with Crippen LogP contribution in [0.4, 0.5) is 0 Å². The van der Waals surface area contributed by atoms with E-state index in [1.54, 1.807) is 7.11 Å². The van der Waals surface area contributed by atoms with Gasteiger partial charge in [-0.15, -0.1) is 0 Å². The molecule has 0 aromatic carbocycles. The van der Waals surface area contributed by atoms with E-state index in [0.717, 1.165) is 38.2 Å². The molecule has 3 heteroatoms. The van der Waals surface area contributed by atoms with Crippen LogP contribution in [-0.4, -0.2) is 31.6 Å². The molecular weight excluding hydrogens is 284 g/mol. The van der Waals surface area contributed by atoms with Gasteiger partial charge in [0, 0.05) is 25.0 Å². The molecule has 1 heterocycles. The van der Waals surface area contributed by atoms with E-state index < -0.39 is 0 Å². The van der Waals surface area contributed by atoms with Gasteiger partial charge in [-0.2, -0.15) is 0 Å². The van der Waals surface area contributed by atoms with E-state index in [4.69, 9.17) is 4.74 Å². The van der Waals surface area contributed by atoms with Gasteiger partial charge in [0.15, 0.2) is 0 Å². The molecule has 2 aliphatic rings. The molecule has 0 fully saturated rings. The predicted molar refractivity (Wildman–Crippen MR) is 97.8 cm³/mol. The quantitative estimate of drug-likeness (QED) is 0.749. The van der Waals surface area contributed by atoms with Crippen LogP contribution in [0.25, 0.3) is 0 Å². The van der Waals surface area contributed by atoms with E-state index in [2.05, 4.69) is 65.0 Å². The van der Waals surface area contributed by atoms with Crippen LogP contribution in [0.5, 0.6) is 0 Å². The second-order valence-electron chi connectivity index (χ2n) is 5.66. The molecule has 2 rings (SSSR count). The van der Waals surface area contributed by atoms with Gasteiger partial charge >= 0.3 is 0 Å². The predicted octanol–water partition coefficient (Wildman–Crippen LogP) is 4.06. The van der Waals surface area contributed by atoms with Crippen molar-refractivity contribution in [2.45, 2.75) is 26.2 Å². The molecule has 0 bridgehead atoms. The molecule has 0 unspecified atom stereocenters. The Morgan fingerprint density at radius 3 is 2.96 bits per heavy atom. The Kier molecular flexibility index (Phi) is 7.47. The molecule has 0 saturated heterocycles. The molecule has 1 aliphatic heterocycles. The average molecular weight is 312 g/mol. The van der Waals surface area contributed by atoms with Gasteiger partial charge in [0.25, 0.3) is 0 Å². The first-order valence-electron chi connectivity index (χ1n) is 8.40. The zero-order valence-corrected chi connectivity index (χ0v) is 14.3. The molecule has 23 heavy (non-hydrogen) atoms. The highest BCUT2D eigenvalue weighted by molar-refractivity contribution is 5.31. The van der Waals surface area contributed by atoms with Gasteiger partial charge in [-0.3, -0.25) is 0 Å². The van der Waals surface area contributed by atoms with Crippen LogP contribution in [-0.2, 0) is 4.74 Å². The van der Waals surface area contributed by atoms with Gasteiger partial charge < -0.3 is 15.0 Å². The highest BCUT2D eigenvalue weighted by Gasteiger charge is 2.11. The number of nitrogens with one attached hydrogen (secondary N) is 1. The number of nitrogens with zero attached hydrogens (tertiary/aromatic N) is 1. The first-order valence-corrected chi connectivity index (χ1v) is 8.40. The number of methoxy groups -OCH3 is 1. The summed E-state index contributed by atoms with van der Waals surface area (Å²) in [4.78, 5) is 2.36. The fourth-order valence-corrected chi connectivity index (χ4v) is 2.68. The Bertz CT molecular complexity index is 550. The number of hydrogen-bond donors (Lipinski definition) is 1. The van der Waals surface area contributed by atoms with Crippen LogP contribution in [0.3, 0.4) is 0 Å². The summed E-state index contributed by atoms with van der Waals surface area (Å²) in [5.41, 5.74) is 2.71. The largest absolute Gasteiger partial charge is 0.497 e. The molecule has 0 spiro atoms. The molecule has 0 amide bonds. The van der Waals surface area contributed by atoms with E-state index >= 15 is 0 Å². The van der Waals surface area contributed by atoms with Crippen molar-refractivity contribution in [1.82, 2.24) is 10.2 Å². The van der Waals surface area contributed by atoms with Crippen molar-refractivity contribution in [3.63, 3.8) is 0 Å². The second kappa shape index (κ2) is 9.90. The number of allylic oxidation sites excluding steroid dienone is 7. The summed E-state index contributed by atoms with van der Waals surface area (Å²) in [6.45, 7) is 4.98. The third-order valence-corrected chi connectivity index (χ3v) is 3.96. The molecular formula is C20H28N2O. The van der Waals surface area contributed by atoms with Crippen LogP contribution in [0.2, 0.25) is 0 Å². The third kappa shape index (κ3) is 5.95. The summed E-state index contributed by atoms with van der Waals surface area (Å²) in [7, 11) is 1.72. The standard InChI is InChI=1S/C20H28N2O/c1-3-4-5-16-22(19-9-7-14-21-15-13-19)17-18-8-6-10-20(23-2)12-11-18/h3-5,8,10-13,16,21H,6-7,9,14-15,17H2,1-2H3/b4-3+,16-5+. The maximum absolute atomic E-state index is 5.32. The first kappa shape index (κ1) is 17.4. The average Bonchev–Trinajstić information content (AvgIpc) is 2.97. The summed E-state index contributed by atoms with van der Waals surface area (Å²) in [5.74, 6) is 0.935. The molecule has 0 radical (unpaired) electrons. The molecule has 0 aromatic heterocycles. The Morgan fingerprint density at radius 1 is 1.22 bits per heavy atom. The van der Waals surface area contributed by atoms with Crippen LogP contribution < -0.4 is 5.32 Å². The number of hydrogen-bond acceptors (Lipinski definition) is 3. The van der Waals surface area contributed by atoms with Crippen LogP contribution >= 0.6 is 0 Å². The zero-order chi connectivity index (χ0) is 16.3. The summed E-state index contributed by atoms with van der Waals surface area (Å²) >= 11 is 0. The smallest absolute Gasteiger partial charge is 0.115 e. The minimum Gasteiger partial charge on any atom is -0.497 e. The van der Waals surface area contributed by atoms with Crippen molar-refractivity contribution in [3.8, 4) is 0 Å². The fourth-order valence-electron chi connectivity index (χ4n) is 2.68. The highest BCUT2D eigenvalue weighted by Crippen LogP contribution is 2.19. The van der Waals surface area contributed by atoms with Crippen molar-refractivity contribution >= 4 is 0 Å². The fraction of sp³-hybridized carbons (Fsp3) is 0.400. The Balaban J connectivity index is 2.11. The molecule has 3 nitrogen and oxygen atoms in total. The Hall–Kier alpha value is -2.00. The van der Waals surface area contributed by atoms with Crippen LogP contribution in [0.1, 0.15) is 26.2 Å². The number of ether oxygens (including phenoxy) is 1. The Morgan fingerprint density at radius 2 is 2.13 bits per heavy atom. The molecule has 0 saturated carbocycles.